The van der Waals surface area contributed by atoms with Crippen molar-refractivity contribution in [3.05, 3.63) is 86.7 Å². The van der Waals surface area contributed by atoms with E-state index in [1.165, 1.54) is 6.20 Å². The van der Waals surface area contributed by atoms with Crippen molar-refractivity contribution in [3.63, 3.8) is 0 Å². The van der Waals surface area contributed by atoms with Crippen LogP contribution in [0.15, 0.2) is 75.2 Å². The standard InChI is InChI=1S/C18H15BrN4O2/c19-17-16(11-21-23-18(17)24)22-20-10-13-6-8-15(9-7-13)25-12-14-4-2-1-3-5-14/h1-11H,12H2,(H2,22,23,24). The fourth-order valence-corrected chi connectivity index (χ4v) is 2.31. The number of hydrogen-bond donors (Lipinski definition) is 2. The smallest absolute Gasteiger partial charge is 0.280 e. The molecule has 0 aliphatic carbocycles. The maximum absolute atomic E-state index is 11.4. The van der Waals surface area contributed by atoms with E-state index in [4.69, 9.17) is 4.74 Å². The summed E-state index contributed by atoms with van der Waals surface area (Å²) in [6.45, 7) is 0.527. The lowest BCUT2D eigenvalue weighted by atomic mass is 10.2. The first-order valence-electron chi connectivity index (χ1n) is 7.51. The zero-order chi connectivity index (χ0) is 17.5. The number of nitrogens with one attached hydrogen (secondary N) is 2. The molecule has 1 heterocycles. The lowest BCUT2D eigenvalue weighted by molar-refractivity contribution is 0.306. The molecule has 0 atom stereocenters. The van der Waals surface area contributed by atoms with Gasteiger partial charge in [-0.1, -0.05) is 30.3 Å². The maximum Gasteiger partial charge on any atom is 0.280 e. The third-order valence-electron chi connectivity index (χ3n) is 3.32. The molecule has 126 valence electrons. The highest BCUT2D eigenvalue weighted by atomic mass is 79.9. The van der Waals surface area contributed by atoms with Crippen LogP contribution in [0.3, 0.4) is 0 Å². The number of aromatic amines is 1. The Labute approximate surface area is 152 Å². The summed E-state index contributed by atoms with van der Waals surface area (Å²) in [4.78, 5) is 11.4. The molecule has 0 amide bonds. The van der Waals surface area contributed by atoms with Crippen LogP contribution in [0.25, 0.3) is 0 Å². The van der Waals surface area contributed by atoms with Crippen molar-refractivity contribution in [2.45, 2.75) is 6.61 Å². The minimum absolute atomic E-state index is 0.319. The molecular weight excluding hydrogens is 384 g/mol. The Kier molecular flexibility index (Phi) is 5.58. The van der Waals surface area contributed by atoms with E-state index < -0.39 is 0 Å². The molecular formula is C18H15BrN4O2. The normalized spacial score (nSPS) is 10.8. The van der Waals surface area contributed by atoms with Crippen LogP contribution in [0.4, 0.5) is 5.69 Å². The van der Waals surface area contributed by atoms with Gasteiger partial charge in [-0.2, -0.15) is 10.2 Å². The van der Waals surface area contributed by atoms with Crippen LogP contribution in [0.1, 0.15) is 11.1 Å². The largest absolute Gasteiger partial charge is 0.489 e. The Balaban J connectivity index is 1.57. The van der Waals surface area contributed by atoms with Gasteiger partial charge in [0.1, 0.15) is 16.8 Å². The Morgan fingerprint density at radius 1 is 1.16 bits per heavy atom. The van der Waals surface area contributed by atoms with Crippen LogP contribution in [0.2, 0.25) is 0 Å². The van der Waals surface area contributed by atoms with E-state index in [2.05, 4.69) is 36.7 Å². The van der Waals surface area contributed by atoms with Crippen molar-refractivity contribution in [1.29, 1.82) is 0 Å². The Morgan fingerprint density at radius 3 is 2.68 bits per heavy atom. The van der Waals surface area contributed by atoms with Gasteiger partial charge in [-0.05, 0) is 51.3 Å². The van der Waals surface area contributed by atoms with Gasteiger partial charge >= 0.3 is 0 Å². The molecule has 3 rings (SSSR count). The highest BCUT2D eigenvalue weighted by molar-refractivity contribution is 9.10. The average Bonchev–Trinajstić information content (AvgIpc) is 2.65. The molecule has 0 saturated heterocycles. The van der Waals surface area contributed by atoms with Crippen molar-refractivity contribution >= 4 is 27.8 Å². The highest BCUT2D eigenvalue weighted by Gasteiger charge is 2.02. The van der Waals surface area contributed by atoms with Crippen LogP contribution in [-0.2, 0) is 6.61 Å². The van der Waals surface area contributed by atoms with Gasteiger partial charge in [-0.3, -0.25) is 10.2 Å². The van der Waals surface area contributed by atoms with Gasteiger partial charge in [-0.25, -0.2) is 5.10 Å². The number of anilines is 1. The molecule has 6 nitrogen and oxygen atoms in total. The Hall–Kier alpha value is -2.93. The number of H-pyrrole nitrogens is 1. The maximum atomic E-state index is 11.4. The summed E-state index contributed by atoms with van der Waals surface area (Å²) in [6, 6.07) is 17.6. The van der Waals surface area contributed by atoms with Gasteiger partial charge in [0.05, 0.1) is 18.1 Å². The molecule has 7 heteroatoms. The first-order valence-corrected chi connectivity index (χ1v) is 8.31. The Morgan fingerprint density at radius 2 is 1.92 bits per heavy atom. The molecule has 25 heavy (non-hydrogen) atoms. The molecule has 0 aliphatic heterocycles. The number of hydrazone groups is 1. The van der Waals surface area contributed by atoms with Crippen molar-refractivity contribution in [1.82, 2.24) is 10.2 Å². The predicted molar refractivity (Wildman–Crippen MR) is 101 cm³/mol. The van der Waals surface area contributed by atoms with Gasteiger partial charge in [0, 0.05) is 0 Å². The van der Waals surface area contributed by atoms with Crippen molar-refractivity contribution < 1.29 is 4.74 Å². The lowest BCUT2D eigenvalue weighted by Gasteiger charge is -2.06. The van der Waals surface area contributed by atoms with Gasteiger partial charge < -0.3 is 4.74 Å². The molecule has 0 saturated carbocycles. The molecule has 0 unspecified atom stereocenters. The molecule has 0 aliphatic rings. The number of aromatic nitrogens is 2. The average molecular weight is 399 g/mol. The predicted octanol–water partition coefficient (Wildman–Crippen LogP) is 3.56. The minimum atomic E-state index is -0.319. The van der Waals surface area contributed by atoms with E-state index in [0.717, 1.165) is 16.9 Å². The molecule has 2 aromatic carbocycles. The molecule has 1 aromatic heterocycles. The molecule has 0 spiro atoms. The first kappa shape index (κ1) is 16.9. The quantitative estimate of drug-likeness (QED) is 0.491. The van der Waals surface area contributed by atoms with Crippen LogP contribution in [0, 0.1) is 0 Å². The second-order valence-electron chi connectivity index (χ2n) is 5.14. The van der Waals surface area contributed by atoms with E-state index in [9.17, 15) is 4.79 Å². The van der Waals surface area contributed by atoms with Crippen molar-refractivity contribution in [3.8, 4) is 5.75 Å². The number of benzene rings is 2. The third kappa shape index (κ3) is 4.77. The summed E-state index contributed by atoms with van der Waals surface area (Å²) in [5.74, 6) is 0.787. The minimum Gasteiger partial charge on any atom is -0.489 e. The van der Waals surface area contributed by atoms with Gasteiger partial charge in [0.15, 0.2) is 0 Å². The van der Waals surface area contributed by atoms with E-state index in [-0.39, 0.29) is 5.56 Å². The summed E-state index contributed by atoms with van der Waals surface area (Å²) < 4.78 is 6.09. The van der Waals surface area contributed by atoms with E-state index >= 15 is 0 Å². The van der Waals surface area contributed by atoms with E-state index in [1.54, 1.807) is 6.21 Å². The SMILES string of the molecule is O=c1[nH]ncc(NN=Cc2ccc(OCc3ccccc3)cc2)c1Br. The molecule has 2 N–H and O–H groups in total. The summed E-state index contributed by atoms with van der Waals surface area (Å²) in [5.41, 5.74) is 4.96. The number of nitrogens with zero attached hydrogens (tertiary/aromatic N) is 2. The summed E-state index contributed by atoms with van der Waals surface area (Å²) >= 11 is 3.18. The topological polar surface area (TPSA) is 79.4 Å². The summed E-state index contributed by atoms with van der Waals surface area (Å²) in [7, 11) is 0. The second-order valence-corrected chi connectivity index (χ2v) is 5.93. The molecule has 0 bridgehead atoms. The summed E-state index contributed by atoms with van der Waals surface area (Å²) in [6.07, 6.45) is 3.12. The number of halogens is 1. The number of hydrogen-bond acceptors (Lipinski definition) is 5. The van der Waals surface area contributed by atoms with Gasteiger partial charge in [-0.15, -0.1) is 0 Å². The number of ether oxygens (including phenoxy) is 1. The fourth-order valence-electron chi connectivity index (χ4n) is 2.03. The molecule has 0 fully saturated rings. The van der Waals surface area contributed by atoms with Gasteiger partial charge in [0.25, 0.3) is 5.56 Å². The van der Waals surface area contributed by atoms with Crippen LogP contribution < -0.4 is 15.7 Å². The summed E-state index contributed by atoms with van der Waals surface area (Å²) in [5, 5.41) is 10.1. The Bertz CT molecular complexity index is 908. The van der Waals surface area contributed by atoms with Gasteiger partial charge in [0.2, 0.25) is 0 Å². The van der Waals surface area contributed by atoms with E-state index in [1.807, 2.05) is 54.6 Å². The monoisotopic (exact) mass is 398 g/mol. The van der Waals surface area contributed by atoms with Crippen LogP contribution >= 0.6 is 15.9 Å². The van der Waals surface area contributed by atoms with Crippen LogP contribution in [0.5, 0.6) is 5.75 Å². The lowest BCUT2D eigenvalue weighted by Crippen LogP contribution is -2.10. The molecule has 3 aromatic rings. The van der Waals surface area contributed by atoms with Crippen molar-refractivity contribution in [2.75, 3.05) is 5.43 Å². The third-order valence-corrected chi connectivity index (χ3v) is 4.11. The highest BCUT2D eigenvalue weighted by Crippen LogP contribution is 2.16. The van der Waals surface area contributed by atoms with E-state index in [0.29, 0.717) is 16.8 Å². The van der Waals surface area contributed by atoms with Crippen LogP contribution in [-0.4, -0.2) is 16.4 Å². The zero-order valence-corrected chi connectivity index (χ0v) is 14.7. The fraction of sp³-hybridized carbons (Fsp3) is 0.0556. The number of rotatable bonds is 6. The van der Waals surface area contributed by atoms with Crippen molar-refractivity contribution in [2.24, 2.45) is 5.10 Å². The second kappa shape index (κ2) is 8.25. The first-order chi connectivity index (χ1) is 12.2. The zero-order valence-electron chi connectivity index (χ0n) is 13.1. The molecule has 0 radical (unpaired) electrons.